The summed E-state index contributed by atoms with van der Waals surface area (Å²) in [7, 11) is 0. The molecule has 0 aliphatic carbocycles. The number of rotatable bonds is 5. The Bertz CT molecular complexity index is 372. The highest BCUT2D eigenvalue weighted by Crippen LogP contribution is 2.20. The van der Waals surface area contributed by atoms with Crippen LogP contribution in [0, 0.1) is 6.92 Å². The quantitative estimate of drug-likeness (QED) is 0.884. The van der Waals surface area contributed by atoms with Crippen LogP contribution in [0.15, 0.2) is 0 Å². The van der Waals surface area contributed by atoms with E-state index in [0.29, 0.717) is 6.04 Å². The fraction of sp³-hybridized carbons (Fsp3) is 0.769. The minimum Gasteiger partial charge on any atom is -0.379 e. The molecule has 2 heterocycles. The van der Waals surface area contributed by atoms with Crippen molar-refractivity contribution in [1.82, 2.24) is 15.2 Å². The monoisotopic (exact) mass is 269 g/mol. The number of hydrogen-bond acceptors (Lipinski definition) is 5. The van der Waals surface area contributed by atoms with Crippen LogP contribution in [0.4, 0.5) is 0 Å². The maximum Gasteiger partial charge on any atom is 0.107 e. The van der Waals surface area contributed by atoms with Gasteiger partial charge in [0.15, 0.2) is 0 Å². The van der Waals surface area contributed by atoms with E-state index in [-0.39, 0.29) is 0 Å². The van der Waals surface area contributed by atoms with Crippen LogP contribution in [0.2, 0.25) is 0 Å². The number of hydrogen-bond donors (Lipinski definition) is 1. The van der Waals surface area contributed by atoms with Crippen molar-refractivity contribution in [3.63, 3.8) is 0 Å². The molecular weight excluding hydrogens is 246 g/mol. The molecule has 1 N–H and O–H groups in total. The lowest BCUT2D eigenvalue weighted by molar-refractivity contribution is 0.0341. The van der Waals surface area contributed by atoms with Crippen LogP contribution in [-0.2, 0) is 17.8 Å². The molecule has 1 aliphatic rings. The highest BCUT2D eigenvalue weighted by Gasteiger charge is 2.14. The first-order valence-corrected chi connectivity index (χ1v) is 7.45. The van der Waals surface area contributed by atoms with E-state index in [1.54, 1.807) is 0 Å². The van der Waals surface area contributed by atoms with E-state index in [2.05, 4.69) is 36.0 Å². The molecule has 1 aromatic heterocycles. The van der Waals surface area contributed by atoms with Crippen molar-refractivity contribution in [2.24, 2.45) is 0 Å². The fourth-order valence-electron chi connectivity index (χ4n) is 1.97. The number of thiazole rings is 1. The van der Waals surface area contributed by atoms with Gasteiger partial charge in [0.25, 0.3) is 0 Å². The Balaban J connectivity index is 1.90. The van der Waals surface area contributed by atoms with E-state index in [1.165, 1.54) is 15.6 Å². The molecule has 0 unspecified atom stereocenters. The second-order valence-corrected chi connectivity index (χ2v) is 6.21. The maximum absolute atomic E-state index is 5.36. The maximum atomic E-state index is 5.36. The molecule has 1 aromatic rings. The molecule has 4 nitrogen and oxygen atoms in total. The van der Waals surface area contributed by atoms with E-state index in [4.69, 9.17) is 4.74 Å². The molecular formula is C13H23N3OS. The lowest BCUT2D eigenvalue weighted by Gasteiger charge is -2.25. The van der Waals surface area contributed by atoms with E-state index < -0.39 is 0 Å². The third-order valence-corrected chi connectivity index (χ3v) is 4.21. The van der Waals surface area contributed by atoms with Gasteiger partial charge >= 0.3 is 0 Å². The first-order chi connectivity index (χ1) is 8.65. The summed E-state index contributed by atoms with van der Waals surface area (Å²) in [6.45, 7) is 12.1. The molecule has 0 bridgehead atoms. The van der Waals surface area contributed by atoms with Gasteiger partial charge in [0.05, 0.1) is 25.5 Å². The number of ether oxygens (including phenoxy) is 1. The van der Waals surface area contributed by atoms with E-state index in [9.17, 15) is 0 Å². The first kappa shape index (κ1) is 13.9. The summed E-state index contributed by atoms with van der Waals surface area (Å²) in [5.74, 6) is 0. The van der Waals surface area contributed by atoms with Crippen molar-refractivity contribution in [2.75, 3.05) is 26.3 Å². The smallest absolute Gasteiger partial charge is 0.107 e. The number of morpholine rings is 1. The molecule has 0 radical (unpaired) electrons. The molecule has 2 rings (SSSR count). The highest BCUT2D eigenvalue weighted by molar-refractivity contribution is 7.11. The second kappa shape index (κ2) is 6.61. The Morgan fingerprint density at radius 1 is 1.39 bits per heavy atom. The standard InChI is InChI=1S/C13H23N3OS/c1-10(2)14-8-12-11(3)15-13(18-12)9-16-4-6-17-7-5-16/h10,14H,4-9H2,1-3H3. The van der Waals surface area contributed by atoms with Gasteiger partial charge in [-0.1, -0.05) is 13.8 Å². The molecule has 18 heavy (non-hydrogen) atoms. The average molecular weight is 269 g/mol. The van der Waals surface area contributed by atoms with Crippen LogP contribution in [0.3, 0.4) is 0 Å². The minimum atomic E-state index is 0.522. The number of aromatic nitrogens is 1. The van der Waals surface area contributed by atoms with Crippen LogP contribution in [0.1, 0.15) is 29.4 Å². The zero-order valence-electron chi connectivity index (χ0n) is 11.5. The zero-order chi connectivity index (χ0) is 13.0. The van der Waals surface area contributed by atoms with Crippen molar-refractivity contribution in [1.29, 1.82) is 0 Å². The van der Waals surface area contributed by atoms with Gasteiger partial charge in [-0.25, -0.2) is 4.98 Å². The summed E-state index contributed by atoms with van der Waals surface area (Å²) in [5.41, 5.74) is 1.18. The molecule has 0 saturated carbocycles. The average Bonchev–Trinajstić information content (AvgIpc) is 2.68. The van der Waals surface area contributed by atoms with Gasteiger partial charge < -0.3 is 10.1 Å². The molecule has 1 aliphatic heterocycles. The molecule has 102 valence electrons. The van der Waals surface area contributed by atoms with Gasteiger partial charge in [-0.15, -0.1) is 11.3 Å². The van der Waals surface area contributed by atoms with Crippen LogP contribution in [-0.4, -0.2) is 42.2 Å². The number of nitrogens with one attached hydrogen (secondary N) is 1. The lowest BCUT2D eigenvalue weighted by atomic mass is 10.3. The van der Waals surface area contributed by atoms with E-state index in [0.717, 1.165) is 39.4 Å². The molecule has 1 saturated heterocycles. The molecule has 5 heteroatoms. The zero-order valence-corrected chi connectivity index (χ0v) is 12.3. The fourth-order valence-corrected chi connectivity index (χ4v) is 3.03. The number of aryl methyl sites for hydroxylation is 1. The van der Waals surface area contributed by atoms with Crippen LogP contribution in [0.5, 0.6) is 0 Å². The number of nitrogens with zero attached hydrogens (tertiary/aromatic N) is 2. The van der Waals surface area contributed by atoms with Gasteiger partial charge in [-0.2, -0.15) is 0 Å². The summed E-state index contributed by atoms with van der Waals surface area (Å²) in [6, 6.07) is 0.522. The summed E-state index contributed by atoms with van der Waals surface area (Å²) in [5, 5.41) is 4.69. The first-order valence-electron chi connectivity index (χ1n) is 6.64. The van der Waals surface area contributed by atoms with Gasteiger partial charge in [0, 0.05) is 30.6 Å². The second-order valence-electron chi connectivity index (χ2n) is 5.04. The Morgan fingerprint density at radius 2 is 2.11 bits per heavy atom. The molecule has 1 fully saturated rings. The topological polar surface area (TPSA) is 37.4 Å². The summed E-state index contributed by atoms with van der Waals surface area (Å²) in [4.78, 5) is 8.46. The van der Waals surface area contributed by atoms with Crippen molar-refractivity contribution in [2.45, 2.75) is 39.9 Å². The molecule has 0 aromatic carbocycles. The highest BCUT2D eigenvalue weighted by atomic mass is 32.1. The van der Waals surface area contributed by atoms with E-state index in [1.807, 2.05) is 11.3 Å². The van der Waals surface area contributed by atoms with Crippen LogP contribution >= 0.6 is 11.3 Å². The Hall–Kier alpha value is -0.490. The third kappa shape index (κ3) is 4.02. The van der Waals surface area contributed by atoms with Crippen molar-refractivity contribution in [3.8, 4) is 0 Å². The predicted molar refractivity (Wildman–Crippen MR) is 74.9 cm³/mol. The Morgan fingerprint density at radius 3 is 2.78 bits per heavy atom. The summed E-state index contributed by atoms with van der Waals surface area (Å²) in [6.07, 6.45) is 0. The van der Waals surface area contributed by atoms with Gasteiger partial charge in [0.1, 0.15) is 5.01 Å². The van der Waals surface area contributed by atoms with Crippen molar-refractivity contribution < 1.29 is 4.74 Å². The van der Waals surface area contributed by atoms with Crippen LogP contribution < -0.4 is 5.32 Å². The van der Waals surface area contributed by atoms with E-state index >= 15 is 0 Å². The minimum absolute atomic E-state index is 0.522. The largest absolute Gasteiger partial charge is 0.379 e. The van der Waals surface area contributed by atoms with Gasteiger partial charge in [-0.05, 0) is 6.92 Å². The normalized spacial score (nSPS) is 17.6. The van der Waals surface area contributed by atoms with Gasteiger partial charge in [-0.3, -0.25) is 4.90 Å². The van der Waals surface area contributed by atoms with Crippen molar-refractivity contribution in [3.05, 3.63) is 15.6 Å². The lowest BCUT2D eigenvalue weighted by Crippen LogP contribution is -2.35. The summed E-state index contributed by atoms with van der Waals surface area (Å²) < 4.78 is 5.36. The molecule has 0 amide bonds. The molecule has 0 spiro atoms. The Labute approximate surface area is 113 Å². The molecule has 0 atom stereocenters. The predicted octanol–water partition coefficient (Wildman–Crippen LogP) is 1.78. The summed E-state index contributed by atoms with van der Waals surface area (Å²) >= 11 is 1.84. The SMILES string of the molecule is Cc1nc(CN2CCOCC2)sc1CNC(C)C. The van der Waals surface area contributed by atoms with Crippen LogP contribution in [0.25, 0.3) is 0 Å². The third-order valence-electron chi connectivity index (χ3n) is 3.07. The van der Waals surface area contributed by atoms with Crippen molar-refractivity contribution >= 4 is 11.3 Å². The Kier molecular flexibility index (Phi) is 5.12. The van der Waals surface area contributed by atoms with Gasteiger partial charge in [0.2, 0.25) is 0 Å².